The van der Waals surface area contributed by atoms with Gasteiger partial charge in [0.15, 0.2) is 0 Å². The Bertz CT molecular complexity index is 625. The van der Waals surface area contributed by atoms with E-state index in [9.17, 15) is 5.11 Å². The Labute approximate surface area is 140 Å². The van der Waals surface area contributed by atoms with Gasteiger partial charge in [-0.05, 0) is 23.6 Å². The van der Waals surface area contributed by atoms with Crippen molar-refractivity contribution in [3.63, 3.8) is 0 Å². The number of hydrogen-bond donors (Lipinski definition) is 2. The quantitative estimate of drug-likeness (QED) is 0.873. The van der Waals surface area contributed by atoms with E-state index in [1.54, 1.807) is 29.2 Å². The zero-order chi connectivity index (χ0) is 16.4. The van der Waals surface area contributed by atoms with Gasteiger partial charge in [0.05, 0.1) is 17.3 Å². The second-order valence-corrected chi connectivity index (χ2v) is 7.20. The van der Waals surface area contributed by atoms with E-state index in [-0.39, 0.29) is 5.41 Å². The smallest absolute Gasteiger partial charge is 0.137 e. The van der Waals surface area contributed by atoms with Gasteiger partial charge in [0, 0.05) is 11.6 Å². The molecule has 0 aliphatic rings. The average Bonchev–Trinajstić information content (AvgIpc) is 2.89. The Hall–Kier alpha value is -1.30. The summed E-state index contributed by atoms with van der Waals surface area (Å²) in [4.78, 5) is 3.92. The predicted octanol–water partition coefficient (Wildman–Crippen LogP) is 3.47. The van der Waals surface area contributed by atoms with Crippen LogP contribution in [0.4, 0.5) is 5.69 Å². The molecule has 0 bridgehead atoms. The molecule has 2 rings (SSSR count). The van der Waals surface area contributed by atoms with Gasteiger partial charge in [0.25, 0.3) is 0 Å². The first kappa shape index (κ1) is 17.1. The van der Waals surface area contributed by atoms with Crippen molar-refractivity contribution in [2.24, 2.45) is 5.41 Å². The van der Waals surface area contributed by atoms with Crippen LogP contribution in [0.15, 0.2) is 30.9 Å². The molecule has 0 spiro atoms. The van der Waals surface area contributed by atoms with E-state index in [0.29, 0.717) is 23.1 Å². The topological polar surface area (TPSA) is 63.0 Å². The van der Waals surface area contributed by atoms with Crippen molar-refractivity contribution in [2.75, 3.05) is 11.9 Å². The summed E-state index contributed by atoms with van der Waals surface area (Å²) in [6.45, 7) is 6.59. The molecule has 0 aliphatic heterocycles. The molecule has 0 radical (unpaired) electrons. The minimum absolute atomic E-state index is 0.317. The summed E-state index contributed by atoms with van der Waals surface area (Å²) in [6.07, 6.45) is 3.04. The lowest BCUT2D eigenvalue weighted by molar-refractivity contribution is -0.0619. The van der Waals surface area contributed by atoms with Crippen molar-refractivity contribution in [3.05, 3.63) is 40.9 Å². The maximum Gasteiger partial charge on any atom is 0.137 e. The molecule has 0 amide bonds. The Morgan fingerprint density at radius 1 is 1.27 bits per heavy atom. The maximum absolute atomic E-state index is 11.1. The largest absolute Gasteiger partial charge is 0.386 e. The normalized spacial score (nSPS) is 14.6. The third kappa shape index (κ3) is 3.91. The van der Waals surface area contributed by atoms with E-state index in [2.05, 4.69) is 15.4 Å². The molecule has 1 unspecified atom stereocenters. The second kappa shape index (κ2) is 6.44. The van der Waals surface area contributed by atoms with Crippen LogP contribution in [0, 0.1) is 5.41 Å². The molecule has 2 aromatic rings. The fourth-order valence-electron chi connectivity index (χ4n) is 2.01. The third-order valence-corrected chi connectivity index (χ3v) is 4.34. The van der Waals surface area contributed by atoms with Gasteiger partial charge >= 0.3 is 0 Å². The molecular formula is C15H20Cl2N4O. The summed E-state index contributed by atoms with van der Waals surface area (Å²) < 4.78 is 1.62. The third-order valence-electron chi connectivity index (χ3n) is 3.79. The van der Waals surface area contributed by atoms with E-state index in [1.165, 1.54) is 6.33 Å². The summed E-state index contributed by atoms with van der Waals surface area (Å²) in [6, 6.07) is 5.21. The van der Waals surface area contributed by atoms with Gasteiger partial charge in [-0.25, -0.2) is 9.67 Å². The number of nitrogens with one attached hydrogen (secondary N) is 1. The van der Waals surface area contributed by atoms with Crippen molar-refractivity contribution < 1.29 is 5.11 Å². The molecule has 2 N–H and O–H groups in total. The zero-order valence-corrected chi connectivity index (χ0v) is 14.4. The van der Waals surface area contributed by atoms with Crippen LogP contribution in [0.2, 0.25) is 10.0 Å². The van der Waals surface area contributed by atoms with Gasteiger partial charge in [0.2, 0.25) is 0 Å². The monoisotopic (exact) mass is 342 g/mol. The fourth-order valence-corrected chi connectivity index (χ4v) is 2.49. The molecule has 1 aromatic heterocycles. The Morgan fingerprint density at radius 2 is 2.00 bits per heavy atom. The van der Waals surface area contributed by atoms with E-state index >= 15 is 0 Å². The number of aromatic nitrogens is 3. The standard InChI is InChI=1S/C15H20Cl2N4O/c1-14(2,3)15(22,8-21-10-18-9-20-21)7-19-13-5-4-11(16)6-12(13)17/h4-6,9-10,19,22H,7-8H2,1-3H3. The fraction of sp³-hybridized carbons (Fsp3) is 0.467. The molecule has 0 saturated heterocycles. The number of nitrogens with zero attached hydrogens (tertiary/aromatic N) is 3. The number of hydrogen-bond acceptors (Lipinski definition) is 4. The molecule has 1 aromatic carbocycles. The first-order chi connectivity index (χ1) is 10.2. The van der Waals surface area contributed by atoms with E-state index in [0.717, 1.165) is 5.69 Å². The van der Waals surface area contributed by atoms with Crippen molar-refractivity contribution in [3.8, 4) is 0 Å². The van der Waals surface area contributed by atoms with Crippen LogP contribution >= 0.6 is 23.2 Å². The number of aliphatic hydroxyl groups is 1. The first-order valence-corrected chi connectivity index (χ1v) is 7.71. The van der Waals surface area contributed by atoms with Crippen LogP contribution in [-0.4, -0.2) is 32.0 Å². The lowest BCUT2D eigenvalue weighted by Gasteiger charge is -2.40. The molecule has 1 atom stereocenters. The molecule has 0 saturated carbocycles. The molecule has 1 heterocycles. The Balaban J connectivity index is 2.16. The van der Waals surface area contributed by atoms with Crippen LogP contribution in [0.5, 0.6) is 0 Å². The zero-order valence-electron chi connectivity index (χ0n) is 12.8. The number of halogens is 2. The Morgan fingerprint density at radius 3 is 2.55 bits per heavy atom. The van der Waals surface area contributed by atoms with Crippen LogP contribution in [0.1, 0.15) is 20.8 Å². The highest BCUT2D eigenvalue weighted by atomic mass is 35.5. The summed E-state index contributed by atoms with van der Waals surface area (Å²) in [7, 11) is 0. The summed E-state index contributed by atoms with van der Waals surface area (Å²) in [5.74, 6) is 0. The highest BCUT2D eigenvalue weighted by molar-refractivity contribution is 6.36. The van der Waals surface area contributed by atoms with Crippen molar-refractivity contribution in [1.29, 1.82) is 0 Å². The number of anilines is 1. The molecule has 5 nitrogen and oxygen atoms in total. The highest BCUT2D eigenvalue weighted by Gasteiger charge is 2.40. The van der Waals surface area contributed by atoms with E-state index < -0.39 is 5.60 Å². The molecule has 120 valence electrons. The SMILES string of the molecule is CC(C)(C)C(O)(CNc1ccc(Cl)cc1Cl)Cn1cncn1. The Kier molecular flexibility index (Phi) is 5.00. The molecule has 0 aliphatic carbocycles. The number of benzene rings is 1. The van der Waals surface area contributed by atoms with Gasteiger partial charge < -0.3 is 10.4 Å². The minimum Gasteiger partial charge on any atom is -0.386 e. The lowest BCUT2D eigenvalue weighted by Crippen LogP contribution is -2.51. The van der Waals surface area contributed by atoms with Gasteiger partial charge in [0.1, 0.15) is 18.3 Å². The van der Waals surface area contributed by atoms with Crippen LogP contribution in [0.3, 0.4) is 0 Å². The minimum atomic E-state index is -1.04. The predicted molar refractivity (Wildman–Crippen MR) is 89.4 cm³/mol. The summed E-state index contributed by atoms with van der Waals surface area (Å²) in [5.41, 5.74) is -0.679. The summed E-state index contributed by atoms with van der Waals surface area (Å²) >= 11 is 12.1. The van der Waals surface area contributed by atoms with Crippen LogP contribution in [-0.2, 0) is 6.54 Å². The molecule has 22 heavy (non-hydrogen) atoms. The molecule has 0 fully saturated rings. The van der Waals surface area contributed by atoms with Gasteiger partial charge in [-0.1, -0.05) is 44.0 Å². The van der Waals surface area contributed by atoms with E-state index in [4.69, 9.17) is 23.2 Å². The second-order valence-electron chi connectivity index (χ2n) is 6.35. The first-order valence-electron chi connectivity index (χ1n) is 6.95. The lowest BCUT2D eigenvalue weighted by atomic mass is 9.76. The van der Waals surface area contributed by atoms with Crippen molar-refractivity contribution >= 4 is 28.9 Å². The highest BCUT2D eigenvalue weighted by Crippen LogP contribution is 2.33. The van der Waals surface area contributed by atoms with Gasteiger partial charge in [-0.2, -0.15) is 5.10 Å². The number of rotatable bonds is 5. The maximum atomic E-state index is 11.1. The summed E-state index contributed by atoms with van der Waals surface area (Å²) in [5, 5.41) is 19.5. The van der Waals surface area contributed by atoms with Crippen molar-refractivity contribution in [1.82, 2.24) is 14.8 Å². The molecule has 7 heteroatoms. The van der Waals surface area contributed by atoms with Gasteiger partial charge in [-0.3, -0.25) is 0 Å². The average molecular weight is 343 g/mol. The molecular weight excluding hydrogens is 323 g/mol. The van der Waals surface area contributed by atoms with E-state index in [1.807, 2.05) is 20.8 Å². The van der Waals surface area contributed by atoms with Crippen LogP contribution in [0.25, 0.3) is 0 Å². The van der Waals surface area contributed by atoms with Crippen molar-refractivity contribution in [2.45, 2.75) is 32.9 Å². The van der Waals surface area contributed by atoms with Gasteiger partial charge in [-0.15, -0.1) is 0 Å². The van der Waals surface area contributed by atoms with Crippen LogP contribution < -0.4 is 5.32 Å².